The van der Waals surface area contributed by atoms with Crippen LogP contribution in [0.4, 0.5) is 21.5 Å². The number of pyridine rings is 1. The molecule has 0 unspecified atom stereocenters. The molecule has 0 amide bonds. The van der Waals surface area contributed by atoms with Gasteiger partial charge in [-0.05, 0) is 35.9 Å². The highest BCUT2D eigenvalue weighted by Crippen LogP contribution is 2.34. The number of aromatic nitrogens is 1. The summed E-state index contributed by atoms with van der Waals surface area (Å²) in [5.74, 6) is -0.467. The molecule has 22 heavy (non-hydrogen) atoms. The van der Waals surface area contributed by atoms with Gasteiger partial charge >= 0.3 is 0 Å². The van der Waals surface area contributed by atoms with Crippen molar-refractivity contribution in [2.75, 3.05) is 5.32 Å². The first-order valence-electron chi connectivity index (χ1n) is 6.96. The van der Waals surface area contributed by atoms with Gasteiger partial charge in [-0.3, -0.25) is 4.99 Å². The van der Waals surface area contributed by atoms with Gasteiger partial charge in [-0.25, -0.2) is 4.98 Å². The lowest BCUT2D eigenvalue weighted by molar-refractivity contribution is 0.587. The molecule has 1 N–H and O–H groups in total. The first-order valence-corrected chi connectivity index (χ1v) is 6.96. The highest BCUT2D eigenvalue weighted by atomic mass is 19.1. The van der Waals surface area contributed by atoms with Crippen molar-refractivity contribution < 1.29 is 4.39 Å². The van der Waals surface area contributed by atoms with Crippen LogP contribution in [0, 0.1) is 5.95 Å². The van der Waals surface area contributed by atoms with Gasteiger partial charge in [0, 0.05) is 29.2 Å². The van der Waals surface area contributed by atoms with Crippen molar-refractivity contribution in [3.63, 3.8) is 0 Å². The Labute approximate surface area is 127 Å². The third kappa shape index (κ3) is 2.15. The molecular weight excluding hydrogens is 277 g/mol. The van der Waals surface area contributed by atoms with E-state index in [0.29, 0.717) is 5.56 Å². The van der Waals surface area contributed by atoms with Crippen LogP contribution in [0.5, 0.6) is 0 Å². The summed E-state index contributed by atoms with van der Waals surface area (Å²) >= 11 is 0. The molecule has 0 saturated heterocycles. The molecule has 2 heterocycles. The third-order valence-electron chi connectivity index (χ3n) is 3.64. The number of aliphatic imine (C=N–C) groups is 1. The topological polar surface area (TPSA) is 37.3 Å². The summed E-state index contributed by atoms with van der Waals surface area (Å²) in [6.07, 6.45) is 3.26. The zero-order valence-corrected chi connectivity index (χ0v) is 11.6. The summed E-state index contributed by atoms with van der Waals surface area (Å²) in [5.41, 5.74) is 4.94. The molecule has 1 aliphatic heterocycles. The first-order chi connectivity index (χ1) is 10.8. The van der Waals surface area contributed by atoms with E-state index in [-0.39, 0.29) is 0 Å². The van der Waals surface area contributed by atoms with E-state index >= 15 is 0 Å². The molecule has 4 heteroatoms. The summed E-state index contributed by atoms with van der Waals surface area (Å²) < 4.78 is 13.9. The molecule has 0 aliphatic carbocycles. The van der Waals surface area contributed by atoms with Crippen LogP contribution in [0.25, 0.3) is 11.1 Å². The maximum absolute atomic E-state index is 13.9. The number of nitrogens with one attached hydrogen (secondary N) is 1. The molecule has 0 fully saturated rings. The molecule has 0 atom stereocenters. The summed E-state index contributed by atoms with van der Waals surface area (Å²) in [6.45, 7) is 0. The number of anilines is 2. The summed E-state index contributed by atoms with van der Waals surface area (Å²) in [7, 11) is 0. The second-order valence-electron chi connectivity index (χ2n) is 5.04. The van der Waals surface area contributed by atoms with Gasteiger partial charge in [-0.2, -0.15) is 4.39 Å². The van der Waals surface area contributed by atoms with Crippen LogP contribution >= 0.6 is 0 Å². The number of hydrogen-bond acceptors (Lipinski definition) is 3. The predicted molar refractivity (Wildman–Crippen MR) is 86.6 cm³/mol. The fourth-order valence-corrected chi connectivity index (χ4v) is 2.52. The average molecular weight is 289 g/mol. The Hall–Kier alpha value is -3.01. The van der Waals surface area contributed by atoms with Crippen molar-refractivity contribution >= 4 is 23.3 Å². The number of fused-ring (bicyclic) bond motifs is 2. The molecule has 0 saturated carbocycles. The second kappa shape index (κ2) is 5.07. The summed E-state index contributed by atoms with van der Waals surface area (Å²) in [4.78, 5) is 8.18. The molecule has 0 radical (unpaired) electrons. The van der Waals surface area contributed by atoms with E-state index in [4.69, 9.17) is 0 Å². The second-order valence-corrected chi connectivity index (χ2v) is 5.04. The first kappa shape index (κ1) is 12.7. The van der Waals surface area contributed by atoms with Gasteiger partial charge in [0.1, 0.15) is 0 Å². The van der Waals surface area contributed by atoms with Crippen molar-refractivity contribution in [2.24, 2.45) is 4.99 Å². The number of rotatable bonds is 1. The van der Waals surface area contributed by atoms with Gasteiger partial charge in [0.25, 0.3) is 0 Å². The van der Waals surface area contributed by atoms with Crippen molar-refractivity contribution in [3.8, 4) is 11.1 Å². The zero-order chi connectivity index (χ0) is 14.9. The zero-order valence-electron chi connectivity index (χ0n) is 11.6. The lowest BCUT2D eigenvalue weighted by atomic mass is 10.0. The third-order valence-corrected chi connectivity index (χ3v) is 3.64. The molecular formula is C18H12FN3. The van der Waals surface area contributed by atoms with Crippen molar-refractivity contribution in [2.45, 2.75) is 0 Å². The SMILES string of the molecule is Fc1ncccc1-c1ccc2c(c1)Nc1ccccc1N=C2. The van der Waals surface area contributed by atoms with Crippen LogP contribution in [0.15, 0.2) is 65.8 Å². The summed E-state index contributed by atoms with van der Waals surface area (Å²) in [5, 5.41) is 3.36. The van der Waals surface area contributed by atoms with Gasteiger partial charge in [0.15, 0.2) is 0 Å². The molecule has 3 nitrogen and oxygen atoms in total. The molecule has 106 valence electrons. The van der Waals surface area contributed by atoms with Crippen LogP contribution in [0.1, 0.15) is 5.56 Å². The molecule has 4 rings (SSSR count). The smallest absolute Gasteiger partial charge is 0.220 e. The fraction of sp³-hybridized carbons (Fsp3) is 0. The van der Waals surface area contributed by atoms with Gasteiger partial charge in [-0.15, -0.1) is 0 Å². The molecule has 0 spiro atoms. The van der Waals surface area contributed by atoms with E-state index in [9.17, 15) is 4.39 Å². The maximum Gasteiger partial charge on any atom is 0.220 e. The van der Waals surface area contributed by atoms with E-state index in [1.165, 1.54) is 6.20 Å². The molecule has 1 aromatic heterocycles. The van der Waals surface area contributed by atoms with E-state index in [1.807, 2.05) is 48.7 Å². The Morgan fingerprint density at radius 2 is 1.82 bits per heavy atom. The Bertz CT molecular complexity index is 887. The molecule has 2 aromatic carbocycles. The van der Waals surface area contributed by atoms with Gasteiger partial charge in [-0.1, -0.05) is 24.3 Å². The van der Waals surface area contributed by atoms with E-state index < -0.39 is 5.95 Å². The normalized spacial score (nSPS) is 12.0. The minimum Gasteiger partial charge on any atom is -0.353 e. The Balaban J connectivity index is 1.83. The lowest BCUT2D eigenvalue weighted by Gasteiger charge is -2.11. The molecule has 1 aliphatic rings. The van der Waals surface area contributed by atoms with Crippen LogP contribution in [-0.2, 0) is 0 Å². The van der Waals surface area contributed by atoms with Gasteiger partial charge in [0.05, 0.1) is 11.4 Å². The van der Waals surface area contributed by atoms with E-state index in [1.54, 1.807) is 12.1 Å². The maximum atomic E-state index is 13.9. The van der Waals surface area contributed by atoms with Crippen molar-refractivity contribution in [1.29, 1.82) is 0 Å². The Morgan fingerprint density at radius 1 is 0.909 bits per heavy atom. The van der Waals surface area contributed by atoms with Crippen molar-refractivity contribution in [3.05, 3.63) is 72.3 Å². The summed E-state index contributed by atoms with van der Waals surface area (Å²) in [6, 6.07) is 17.0. The number of para-hydroxylation sites is 2. The predicted octanol–water partition coefficient (Wildman–Crippen LogP) is 4.70. The highest BCUT2D eigenvalue weighted by molar-refractivity contribution is 5.96. The number of hydrogen-bond donors (Lipinski definition) is 1. The Morgan fingerprint density at radius 3 is 2.73 bits per heavy atom. The highest BCUT2D eigenvalue weighted by Gasteiger charge is 2.12. The minimum absolute atomic E-state index is 0.467. The lowest BCUT2D eigenvalue weighted by Crippen LogP contribution is -1.95. The van der Waals surface area contributed by atoms with Crippen LogP contribution in [0.3, 0.4) is 0 Å². The van der Waals surface area contributed by atoms with Crippen molar-refractivity contribution in [1.82, 2.24) is 4.98 Å². The minimum atomic E-state index is -0.467. The van der Waals surface area contributed by atoms with Gasteiger partial charge < -0.3 is 5.32 Å². The van der Waals surface area contributed by atoms with E-state index in [0.717, 1.165) is 28.2 Å². The van der Waals surface area contributed by atoms with Crippen LogP contribution < -0.4 is 5.32 Å². The number of halogens is 1. The van der Waals surface area contributed by atoms with Crippen LogP contribution in [-0.4, -0.2) is 11.2 Å². The average Bonchev–Trinajstić information content (AvgIpc) is 2.73. The van der Waals surface area contributed by atoms with Gasteiger partial charge in [0.2, 0.25) is 5.95 Å². The standard InChI is InChI=1S/C18H12FN3/c19-18-14(4-3-9-20-18)12-7-8-13-11-21-15-5-1-2-6-16(15)22-17(13)10-12/h1-11,22H. The number of nitrogens with zero attached hydrogens (tertiary/aromatic N) is 2. The monoisotopic (exact) mass is 289 g/mol. The Kier molecular flexibility index (Phi) is 2.93. The quantitative estimate of drug-likeness (QED) is 0.516. The molecule has 3 aromatic rings. The van der Waals surface area contributed by atoms with Crippen LogP contribution in [0.2, 0.25) is 0 Å². The largest absolute Gasteiger partial charge is 0.353 e. The number of benzene rings is 2. The molecule has 0 bridgehead atoms. The van der Waals surface area contributed by atoms with E-state index in [2.05, 4.69) is 15.3 Å². The fourth-order valence-electron chi connectivity index (χ4n) is 2.52.